The van der Waals surface area contributed by atoms with Crippen LogP contribution in [0.3, 0.4) is 0 Å². The van der Waals surface area contributed by atoms with E-state index in [1.165, 1.54) is 0 Å². The highest BCUT2D eigenvalue weighted by Crippen LogP contribution is 2.46. The van der Waals surface area contributed by atoms with E-state index in [-0.39, 0.29) is 11.8 Å². The van der Waals surface area contributed by atoms with Gasteiger partial charge in [0.15, 0.2) is 0 Å². The molecule has 3 atom stereocenters. The van der Waals surface area contributed by atoms with Gasteiger partial charge in [-0.25, -0.2) is 0 Å². The smallest absolute Gasteiger partial charge is 0.229 e. The van der Waals surface area contributed by atoms with Crippen LogP contribution in [0.5, 0.6) is 0 Å². The van der Waals surface area contributed by atoms with E-state index in [9.17, 15) is 9.90 Å². The number of piperidine rings is 1. The molecule has 1 N–H and O–H groups in total. The molecule has 1 heterocycles. The molecule has 3 unspecified atom stereocenters. The van der Waals surface area contributed by atoms with E-state index in [0.29, 0.717) is 19.5 Å². The highest BCUT2D eigenvalue weighted by atomic mass is 16.3. The molecule has 3 aromatic carbocycles. The fourth-order valence-electron chi connectivity index (χ4n) is 4.85. The number of carbonyl (C=O) groups is 1. The maximum Gasteiger partial charge on any atom is 0.229 e. The van der Waals surface area contributed by atoms with Crippen molar-refractivity contribution in [3.05, 3.63) is 108 Å². The van der Waals surface area contributed by atoms with E-state index in [1.54, 1.807) is 0 Å². The van der Waals surface area contributed by atoms with Crippen molar-refractivity contribution in [3.63, 3.8) is 0 Å². The minimum atomic E-state index is -1.18. The van der Waals surface area contributed by atoms with Crippen molar-refractivity contribution in [2.24, 2.45) is 5.92 Å². The highest BCUT2D eigenvalue weighted by Gasteiger charge is 2.51. The minimum absolute atomic E-state index is 0.0344. The van der Waals surface area contributed by atoms with E-state index in [1.807, 2.05) is 71.6 Å². The molecule has 1 amide bonds. The lowest BCUT2D eigenvalue weighted by Crippen LogP contribution is -2.55. The van der Waals surface area contributed by atoms with Gasteiger partial charge in [0.1, 0.15) is 5.60 Å². The molecule has 0 saturated carbocycles. The van der Waals surface area contributed by atoms with Gasteiger partial charge >= 0.3 is 0 Å². The average Bonchev–Trinajstić information content (AvgIpc) is 2.80. The number of hydrogen-bond acceptors (Lipinski definition) is 2. The molecule has 0 aliphatic carbocycles. The molecule has 3 aromatic rings. The lowest BCUT2D eigenvalue weighted by atomic mass is 9.67. The first-order valence-electron chi connectivity index (χ1n) is 10.8. The molecule has 1 saturated heterocycles. The van der Waals surface area contributed by atoms with Crippen LogP contribution in [-0.2, 0) is 16.9 Å². The summed E-state index contributed by atoms with van der Waals surface area (Å²) in [6.07, 6.45) is 1.32. The van der Waals surface area contributed by atoms with Gasteiger partial charge in [-0.15, -0.1) is 0 Å². The van der Waals surface area contributed by atoms with Crippen molar-refractivity contribution < 1.29 is 9.90 Å². The van der Waals surface area contributed by atoms with Crippen molar-refractivity contribution in [2.45, 2.75) is 37.8 Å². The number of amides is 1. The lowest BCUT2D eigenvalue weighted by Gasteiger charge is -2.47. The van der Waals surface area contributed by atoms with Gasteiger partial charge in [0.05, 0.1) is 5.92 Å². The number of rotatable bonds is 6. The molecular formula is C27H29NO2. The van der Waals surface area contributed by atoms with Gasteiger partial charge in [0, 0.05) is 13.1 Å². The zero-order valence-electron chi connectivity index (χ0n) is 17.4. The molecule has 0 radical (unpaired) electrons. The lowest BCUT2D eigenvalue weighted by molar-refractivity contribution is -0.160. The van der Waals surface area contributed by atoms with Crippen LogP contribution in [0.25, 0.3) is 0 Å². The first-order valence-corrected chi connectivity index (χ1v) is 10.8. The summed E-state index contributed by atoms with van der Waals surface area (Å²) in [5.74, 6) is -0.542. The van der Waals surface area contributed by atoms with Crippen molar-refractivity contribution in [1.29, 1.82) is 0 Å². The van der Waals surface area contributed by atoms with Gasteiger partial charge in [-0.3, -0.25) is 4.79 Å². The van der Waals surface area contributed by atoms with Gasteiger partial charge in [0.25, 0.3) is 0 Å². The third kappa shape index (κ3) is 3.90. The Bertz CT molecular complexity index is 958. The fraction of sp³-hybridized carbons (Fsp3) is 0.296. The van der Waals surface area contributed by atoms with Crippen LogP contribution < -0.4 is 0 Å². The normalized spacial score (nSPS) is 22.7. The third-order valence-electron chi connectivity index (χ3n) is 6.41. The maximum absolute atomic E-state index is 13.9. The Kier molecular flexibility index (Phi) is 6.01. The predicted octanol–water partition coefficient (Wildman–Crippen LogP) is 5.12. The zero-order chi connectivity index (χ0) is 21.0. The Morgan fingerprint density at radius 2 is 1.50 bits per heavy atom. The standard InChI is InChI=1S/C27H29NO2/c1-2-24(22-14-8-4-9-15-22)25-26(29)28(20-21-12-6-3-7-13-21)19-18-27(25,30)23-16-10-5-11-17-23/h3-17,24-25,30H,2,18-20H2,1H3. The van der Waals surface area contributed by atoms with Crippen molar-refractivity contribution in [2.75, 3.05) is 6.54 Å². The van der Waals surface area contributed by atoms with Gasteiger partial charge in [-0.1, -0.05) is 97.9 Å². The molecule has 1 fully saturated rings. The monoisotopic (exact) mass is 399 g/mol. The summed E-state index contributed by atoms with van der Waals surface area (Å²) in [6.45, 7) is 3.22. The van der Waals surface area contributed by atoms with Crippen molar-refractivity contribution in [1.82, 2.24) is 4.90 Å². The second-order valence-corrected chi connectivity index (χ2v) is 8.19. The topological polar surface area (TPSA) is 40.5 Å². The summed E-state index contributed by atoms with van der Waals surface area (Å²) in [4.78, 5) is 15.8. The number of hydrogen-bond donors (Lipinski definition) is 1. The SMILES string of the molecule is CCC(c1ccccc1)C1C(=O)N(Cc2ccccc2)CCC1(O)c1ccccc1. The van der Waals surface area contributed by atoms with Crippen LogP contribution in [0.15, 0.2) is 91.0 Å². The summed E-state index contributed by atoms with van der Waals surface area (Å²) in [6, 6.07) is 30.0. The van der Waals surface area contributed by atoms with Gasteiger partial charge < -0.3 is 10.0 Å². The summed E-state index contributed by atoms with van der Waals surface area (Å²) in [5.41, 5.74) is 1.87. The molecule has 0 aromatic heterocycles. The maximum atomic E-state index is 13.9. The first-order chi connectivity index (χ1) is 14.6. The van der Waals surface area contributed by atoms with Crippen molar-refractivity contribution in [3.8, 4) is 0 Å². The molecule has 3 nitrogen and oxygen atoms in total. The summed E-state index contributed by atoms with van der Waals surface area (Å²) < 4.78 is 0. The predicted molar refractivity (Wildman–Crippen MR) is 120 cm³/mol. The summed E-state index contributed by atoms with van der Waals surface area (Å²) in [5, 5.41) is 12.0. The second kappa shape index (κ2) is 8.85. The Labute approximate surface area is 179 Å². The molecule has 4 rings (SSSR count). The molecule has 154 valence electrons. The van der Waals surface area contributed by atoms with E-state index in [4.69, 9.17) is 0 Å². The summed E-state index contributed by atoms with van der Waals surface area (Å²) in [7, 11) is 0. The number of nitrogens with zero attached hydrogens (tertiary/aromatic N) is 1. The van der Waals surface area contributed by atoms with Crippen LogP contribution in [0.2, 0.25) is 0 Å². The minimum Gasteiger partial charge on any atom is -0.384 e. The van der Waals surface area contributed by atoms with Crippen LogP contribution in [0, 0.1) is 5.92 Å². The van der Waals surface area contributed by atoms with E-state index in [0.717, 1.165) is 23.1 Å². The number of aliphatic hydroxyl groups is 1. The van der Waals surface area contributed by atoms with Crippen LogP contribution in [0.4, 0.5) is 0 Å². The van der Waals surface area contributed by atoms with E-state index < -0.39 is 11.5 Å². The average molecular weight is 400 g/mol. The first kappa shape index (κ1) is 20.4. The number of carbonyl (C=O) groups excluding carboxylic acids is 1. The third-order valence-corrected chi connectivity index (χ3v) is 6.41. The van der Waals surface area contributed by atoms with E-state index >= 15 is 0 Å². The molecular weight excluding hydrogens is 370 g/mol. The summed E-state index contributed by atoms with van der Waals surface area (Å²) >= 11 is 0. The van der Waals surface area contributed by atoms with Crippen LogP contribution >= 0.6 is 0 Å². The molecule has 30 heavy (non-hydrogen) atoms. The highest BCUT2D eigenvalue weighted by molar-refractivity contribution is 5.82. The molecule has 0 spiro atoms. The van der Waals surface area contributed by atoms with Gasteiger partial charge in [-0.2, -0.15) is 0 Å². The fourth-order valence-corrected chi connectivity index (χ4v) is 4.85. The van der Waals surface area contributed by atoms with Gasteiger partial charge in [-0.05, 0) is 35.4 Å². The Hall–Kier alpha value is -2.91. The Morgan fingerprint density at radius 1 is 0.933 bits per heavy atom. The molecule has 1 aliphatic rings. The number of benzene rings is 3. The zero-order valence-corrected chi connectivity index (χ0v) is 17.4. The second-order valence-electron chi connectivity index (χ2n) is 8.19. The Balaban J connectivity index is 1.74. The Morgan fingerprint density at radius 3 is 2.10 bits per heavy atom. The van der Waals surface area contributed by atoms with E-state index in [2.05, 4.69) is 31.2 Å². The molecule has 3 heteroatoms. The molecule has 0 bridgehead atoms. The van der Waals surface area contributed by atoms with Crippen molar-refractivity contribution >= 4 is 5.91 Å². The van der Waals surface area contributed by atoms with Gasteiger partial charge in [0.2, 0.25) is 5.91 Å². The molecule has 1 aliphatic heterocycles. The van der Waals surface area contributed by atoms with Crippen LogP contribution in [-0.4, -0.2) is 22.5 Å². The largest absolute Gasteiger partial charge is 0.384 e. The number of likely N-dealkylation sites (tertiary alicyclic amines) is 1. The van der Waals surface area contributed by atoms with Crippen LogP contribution in [0.1, 0.15) is 42.4 Å². The quantitative estimate of drug-likeness (QED) is 0.625.